The molecule has 0 aliphatic heterocycles. The Labute approximate surface area is 219 Å². The number of amides is 1. The predicted octanol–water partition coefficient (Wildman–Crippen LogP) is 4.78. The van der Waals surface area contributed by atoms with Crippen molar-refractivity contribution < 1.29 is 9.90 Å². The molecule has 2 heterocycles. The lowest BCUT2D eigenvalue weighted by molar-refractivity contribution is 0.102. The second-order valence-corrected chi connectivity index (χ2v) is 9.87. The van der Waals surface area contributed by atoms with Crippen LogP contribution >= 0.6 is 0 Å². The number of nitrogens with two attached hydrogens (primary N) is 1. The Morgan fingerprint density at radius 1 is 1.03 bits per heavy atom. The molecule has 10 heteroatoms. The molecule has 3 aromatic carbocycles. The molecular formula is C28H28N8O2. The van der Waals surface area contributed by atoms with Crippen molar-refractivity contribution in [3.05, 3.63) is 83.7 Å². The summed E-state index contributed by atoms with van der Waals surface area (Å²) in [7, 11) is 0. The number of aromatic amines is 1. The van der Waals surface area contributed by atoms with Gasteiger partial charge in [-0.3, -0.25) is 4.79 Å². The van der Waals surface area contributed by atoms with Crippen LogP contribution in [-0.2, 0) is 12.0 Å². The number of aromatic nitrogens is 5. The van der Waals surface area contributed by atoms with Gasteiger partial charge in [-0.1, -0.05) is 45.0 Å². The zero-order valence-corrected chi connectivity index (χ0v) is 21.3. The Bertz CT molecular complexity index is 1620. The quantitative estimate of drug-likeness (QED) is 0.219. The van der Waals surface area contributed by atoms with E-state index in [1.807, 2.05) is 30.3 Å². The van der Waals surface area contributed by atoms with E-state index >= 15 is 0 Å². The number of rotatable bonds is 6. The van der Waals surface area contributed by atoms with Crippen LogP contribution in [0.4, 0.5) is 23.3 Å². The highest BCUT2D eigenvalue weighted by atomic mass is 16.3. The first-order chi connectivity index (χ1) is 18.2. The molecule has 1 amide bonds. The van der Waals surface area contributed by atoms with Gasteiger partial charge in [-0.05, 0) is 47.4 Å². The monoisotopic (exact) mass is 508 g/mol. The molecule has 0 aliphatic rings. The van der Waals surface area contributed by atoms with Crippen LogP contribution in [0.25, 0.3) is 22.4 Å². The number of anilines is 4. The van der Waals surface area contributed by atoms with Gasteiger partial charge >= 0.3 is 0 Å². The van der Waals surface area contributed by atoms with Crippen molar-refractivity contribution in [2.45, 2.75) is 32.8 Å². The molecule has 192 valence electrons. The summed E-state index contributed by atoms with van der Waals surface area (Å²) in [5.74, 6) is 0.224. The summed E-state index contributed by atoms with van der Waals surface area (Å²) in [5.41, 5.74) is 11.5. The highest BCUT2D eigenvalue weighted by molar-refractivity contribution is 6.05. The molecule has 0 aliphatic carbocycles. The van der Waals surface area contributed by atoms with E-state index in [-0.39, 0.29) is 35.7 Å². The third-order valence-corrected chi connectivity index (χ3v) is 6.17. The molecular weight excluding hydrogens is 480 g/mol. The van der Waals surface area contributed by atoms with Gasteiger partial charge in [0.15, 0.2) is 5.82 Å². The van der Waals surface area contributed by atoms with E-state index in [2.05, 4.69) is 56.3 Å². The summed E-state index contributed by atoms with van der Waals surface area (Å²) in [5, 5.41) is 16.3. The van der Waals surface area contributed by atoms with Crippen molar-refractivity contribution in [2.24, 2.45) is 0 Å². The number of nitrogen functional groups attached to an aromatic ring is 1. The largest absolute Gasteiger partial charge is 0.392 e. The molecule has 6 N–H and O–H groups in total. The molecule has 2 aromatic heterocycles. The molecule has 38 heavy (non-hydrogen) atoms. The lowest BCUT2D eigenvalue weighted by atomic mass is 9.86. The number of benzene rings is 3. The number of aliphatic hydroxyl groups excluding tert-OH is 1. The van der Waals surface area contributed by atoms with E-state index in [1.54, 1.807) is 36.7 Å². The third-order valence-electron chi connectivity index (χ3n) is 6.17. The van der Waals surface area contributed by atoms with Crippen LogP contribution in [0.15, 0.2) is 67.0 Å². The minimum atomic E-state index is -0.348. The number of imidazole rings is 1. The van der Waals surface area contributed by atoms with E-state index in [0.29, 0.717) is 22.4 Å². The van der Waals surface area contributed by atoms with E-state index in [9.17, 15) is 9.90 Å². The summed E-state index contributed by atoms with van der Waals surface area (Å²) >= 11 is 0. The molecule has 5 rings (SSSR count). The van der Waals surface area contributed by atoms with E-state index in [0.717, 1.165) is 22.3 Å². The van der Waals surface area contributed by atoms with Crippen LogP contribution in [0.2, 0.25) is 0 Å². The smallest absolute Gasteiger partial charge is 0.255 e. The zero-order valence-electron chi connectivity index (χ0n) is 21.3. The molecule has 0 bridgehead atoms. The standard InChI is InChI=1S/C28H28N8O2/c1-28(2,3)17-9-7-16(8-10-17)25(38)33-21-6-4-5-19(20(21)14-37)24-34-26(29)36-27(35-24)32-18-11-12-22-23(13-18)31-15-30-22/h4-13,15,37H,14H2,1-3H3,(H,30,31)(H,33,38)(H3,29,32,34,35,36). The van der Waals surface area contributed by atoms with Crippen molar-refractivity contribution in [3.63, 3.8) is 0 Å². The lowest BCUT2D eigenvalue weighted by Gasteiger charge is -2.19. The van der Waals surface area contributed by atoms with Gasteiger partial charge in [-0.15, -0.1) is 0 Å². The Hall–Kier alpha value is -4.83. The fourth-order valence-corrected chi connectivity index (χ4v) is 4.11. The van der Waals surface area contributed by atoms with Crippen molar-refractivity contribution in [1.29, 1.82) is 0 Å². The minimum absolute atomic E-state index is 0.0115. The third kappa shape index (κ3) is 5.16. The maximum Gasteiger partial charge on any atom is 0.255 e. The normalized spacial score (nSPS) is 11.5. The molecule has 0 unspecified atom stereocenters. The summed E-state index contributed by atoms with van der Waals surface area (Å²) < 4.78 is 0. The van der Waals surface area contributed by atoms with Crippen LogP contribution in [0.1, 0.15) is 42.3 Å². The van der Waals surface area contributed by atoms with E-state index < -0.39 is 0 Å². The number of hydrogen-bond acceptors (Lipinski definition) is 8. The van der Waals surface area contributed by atoms with Gasteiger partial charge in [-0.2, -0.15) is 15.0 Å². The van der Waals surface area contributed by atoms with E-state index in [4.69, 9.17) is 5.73 Å². The van der Waals surface area contributed by atoms with Gasteiger partial charge in [0.05, 0.1) is 24.0 Å². The highest BCUT2D eigenvalue weighted by Crippen LogP contribution is 2.30. The van der Waals surface area contributed by atoms with Gasteiger partial charge in [0.1, 0.15) is 0 Å². The van der Waals surface area contributed by atoms with Crippen LogP contribution in [-0.4, -0.2) is 35.9 Å². The first-order valence-corrected chi connectivity index (χ1v) is 12.1. The summed E-state index contributed by atoms with van der Waals surface area (Å²) in [6.07, 6.45) is 1.62. The highest BCUT2D eigenvalue weighted by Gasteiger charge is 2.18. The average molecular weight is 509 g/mol. The number of nitrogens with zero attached hydrogens (tertiary/aromatic N) is 4. The number of nitrogens with one attached hydrogen (secondary N) is 3. The Morgan fingerprint density at radius 3 is 2.55 bits per heavy atom. The van der Waals surface area contributed by atoms with Crippen LogP contribution in [0, 0.1) is 0 Å². The van der Waals surface area contributed by atoms with Crippen LogP contribution in [0.5, 0.6) is 0 Å². The van der Waals surface area contributed by atoms with Gasteiger partial charge in [0, 0.05) is 28.1 Å². The Morgan fingerprint density at radius 2 is 1.82 bits per heavy atom. The van der Waals surface area contributed by atoms with Crippen LogP contribution < -0.4 is 16.4 Å². The molecule has 0 saturated carbocycles. The van der Waals surface area contributed by atoms with Crippen molar-refractivity contribution >= 4 is 40.2 Å². The molecule has 5 aromatic rings. The first-order valence-electron chi connectivity index (χ1n) is 12.1. The zero-order chi connectivity index (χ0) is 26.9. The van der Waals surface area contributed by atoms with E-state index in [1.165, 1.54) is 0 Å². The van der Waals surface area contributed by atoms with Gasteiger partial charge in [-0.25, -0.2) is 4.98 Å². The summed E-state index contributed by atoms with van der Waals surface area (Å²) in [6.45, 7) is 6.01. The number of H-pyrrole nitrogens is 1. The molecule has 0 radical (unpaired) electrons. The number of hydrogen-bond donors (Lipinski definition) is 5. The number of aliphatic hydroxyl groups is 1. The fourth-order valence-electron chi connectivity index (χ4n) is 4.11. The summed E-state index contributed by atoms with van der Waals surface area (Å²) in [4.78, 5) is 33.3. The first kappa shape index (κ1) is 24.8. The van der Waals surface area contributed by atoms with Crippen molar-refractivity contribution in [1.82, 2.24) is 24.9 Å². The Balaban J connectivity index is 1.43. The SMILES string of the molecule is CC(C)(C)c1ccc(C(=O)Nc2cccc(-c3nc(N)nc(Nc4ccc5nc[nH]c5c4)n3)c2CO)cc1. The molecule has 10 nitrogen and oxygen atoms in total. The van der Waals surface area contributed by atoms with Gasteiger partial charge in [0.25, 0.3) is 5.91 Å². The molecule has 0 spiro atoms. The summed E-state index contributed by atoms with van der Waals surface area (Å²) in [6, 6.07) is 18.3. The maximum atomic E-state index is 13.0. The average Bonchev–Trinajstić information content (AvgIpc) is 3.36. The minimum Gasteiger partial charge on any atom is -0.392 e. The maximum absolute atomic E-state index is 13.0. The van der Waals surface area contributed by atoms with Gasteiger partial charge < -0.3 is 26.5 Å². The number of carbonyl (C=O) groups is 1. The number of fused-ring (bicyclic) bond motifs is 1. The van der Waals surface area contributed by atoms with Gasteiger partial charge in [0.2, 0.25) is 11.9 Å². The van der Waals surface area contributed by atoms with Crippen LogP contribution in [0.3, 0.4) is 0 Å². The predicted molar refractivity (Wildman–Crippen MR) is 148 cm³/mol. The second-order valence-electron chi connectivity index (χ2n) is 9.87. The second kappa shape index (κ2) is 9.91. The Kier molecular flexibility index (Phi) is 6.48. The number of carbonyl (C=O) groups excluding carboxylic acids is 1. The fraction of sp³-hybridized carbons (Fsp3) is 0.179. The lowest BCUT2D eigenvalue weighted by Crippen LogP contribution is -2.15. The topological polar surface area (TPSA) is 155 Å². The molecule has 0 atom stereocenters. The molecule has 0 saturated heterocycles. The van der Waals surface area contributed by atoms with Crippen molar-refractivity contribution in [2.75, 3.05) is 16.4 Å². The van der Waals surface area contributed by atoms with Crippen molar-refractivity contribution in [3.8, 4) is 11.4 Å². The molecule has 0 fully saturated rings.